The van der Waals surface area contributed by atoms with Crippen LogP contribution in [0.25, 0.3) is 0 Å². The van der Waals surface area contributed by atoms with Crippen LogP contribution in [0.1, 0.15) is 0 Å². The van der Waals surface area contributed by atoms with Gasteiger partial charge in [-0.25, -0.2) is 0 Å². The van der Waals surface area contributed by atoms with Crippen LogP contribution in [0.4, 0.5) is 0 Å². The zero-order chi connectivity index (χ0) is 4.50. The first-order valence-electron chi connectivity index (χ1n) is 0.698. The van der Waals surface area contributed by atoms with Crippen molar-refractivity contribution in [3.8, 4) is 0 Å². The molecular weight excluding hydrogens is 115 g/mol. The van der Waals surface area contributed by atoms with E-state index < -0.39 is 10.4 Å². The van der Waals surface area contributed by atoms with Gasteiger partial charge in [-0.1, -0.05) is 0 Å². The Hall–Kier alpha value is 0.467. The summed E-state index contributed by atoms with van der Waals surface area (Å²) in [4.78, 5) is 0. The van der Waals surface area contributed by atoms with Gasteiger partial charge in [-0.15, -0.1) is 0 Å². The molecule has 0 radical (unpaired) electrons. The Bertz CT molecular complexity index is 94.9. The average molecular weight is 120 g/mol. The van der Waals surface area contributed by atoms with Crippen LogP contribution in [0, 0.1) is 7.43 Å². The Balaban J connectivity index is -0.0000000800. The molecular formula is CH5LiO4S. The second kappa shape index (κ2) is 4.62. The van der Waals surface area contributed by atoms with Gasteiger partial charge in [0.15, 0.2) is 0 Å². The summed E-state index contributed by atoms with van der Waals surface area (Å²) in [7, 11) is -4.67. The van der Waals surface area contributed by atoms with Gasteiger partial charge in [-0.05, 0) is 0 Å². The summed E-state index contributed by atoms with van der Waals surface area (Å²) in [6, 6.07) is 0. The number of hydrogen-bond acceptors (Lipinski definition) is 2. The minimum absolute atomic E-state index is 0. The van der Waals surface area contributed by atoms with Gasteiger partial charge >= 0.3 is 29.3 Å². The predicted molar refractivity (Wildman–Crippen MR) is 20.6 cm³/mol. The molecule has 2 N–H and O–H groups in total. The van der Waals surface area contributed by atoms with Crippen LogP contribution in [0.5, 0.6) is 0 Å². The normalized spacial score (nSPS) is 8.29. The summed E-state index contributed by atoms with van der Waals surface area (Å²) in [6.07, 6.45) is 0. The Kier molecular flexibility index (Phi) is 10.3. The fourth-order valence-corrected chi connectivity index (χ4v) is 0. The van der Waals surface area contributed by atoms with E-state index in [1.807, 2.05) is 0 Å². The molecule has 0 spiro atoms. The molecule has 0 aromatic rings. The maximum Gasteiger partial charge on any atom is 1.00 e. The molecule has 0 fully saturated rings. The quantitative estimate of drug-likeness (QED) is 0.200. The molecule has 4 nitrogen and oxygen atoms in total. The number of hydrogen-bond donors (Lipinski definition) is 2. The Morgan fingerprint density at radius 1 is 1.14 bits per heavy atom. The summed E-state index contributed by atoms with van der Waals surface area (Å²) in [5.41, 5.74) is 0. The molecule has 0 amide bonds. The van der Waals surface area contributed by atoms with E-state index in [2.05, 4.69) is 0 Å². The van der Waals surface area contributed by atoms with Crippen LogP contribution in [0.15, 0.2) is 0 Å². The van der Waals surface area contributed by atoms with Gasteiger partial charge in [-0.3, -0.25) is 9.11 Å². The van der Waals surface area contributed by atoms with E-state index in [1.54, 1.807) is 0 Å². The van der Waals surface area contributed by atoms with Crippen molar-refractivity contribution in [1.29, 1.82) is 0 Å². The zero-order valence-electron chi connectivity index (χ0n) is 4.12. The summed E-state index contributed by atoms with van der Waals surface area (Å²) in [5.74, 6) is 0. The SMILES string of the molecule is O=S(=O)(O)O.[CH3-].[Li+]. The van der Waals surface area contributed by atoms with Gasteiger partial charge in [0.2, 0.25) is 0 Å². The van der Waals surface area contributed by atoms with E-state index in [9.17, 15) is 0 Å². The third-order valence-corrected chi connectivity index (χ3v) is 0. The van der Waals surface area contributed by atoms with Crippen LogP contribution in [-0.2, 0) is 10.4 Å². The van der Waals surface area contributed by atoms with Crippen LogP contribution in [0.2, 0.25) is 0 Å². The molecule has 0 aromatic heterocycles. The summed E-state index contributed by atoms with van der Waals surface area (Å²) in [6.45, 7) is 0. The molecule has 0 bridgehead atoms. The molecule has 40 valence electrons. The summed E-state index contributed by atoms with van der Waals surface area (Å²) < 4.78 is 31.6. The van der Waals surface area contributed by atoms with E-state index in [0.717, 1.165) is 0 Å². The zero-order valence-corrected chi connectivity index (χ0v) is 4.94. The van der Waals surface area contributed by atoms with Gasteiger partial charge in [-0.2, -0.15) is 8.42 Å². The van der Waals surface area contributed by atoms with Crippen molar-refractivity contribution < 1.29 is 36.4 Å². The van der Waals surface area contributed by atoms with E-state index in [0.29, 0.717) is 0 Å². The average Bonchev–Trinajstić information content (AvgIpc) is 0.722. The van der Waals surface area contributed by atoms with E-state index in [4.69, 9.17) is 17.5 Å². The van der Waals surface area contributed by atoms with Gasteiger partial charge in [0.25, 0.3) is 0 Å². The van der Waals surface area contributed by atoms with Crippen molar-refractivity contribution in [2.45, 2.75) is 0 Å². The predicted octanol–water partition coefficient (Wildman–Crippen LogP) is -3.20. The van der Waals surface area contributed by atoms with Crippen LogP contribution in [-0.4, -0.2) is 17.5 Å². The van der Waals surface area contributed by atoms with Crippen LogP contribution in [0.3, 0.4) is 0 Å². The standard InChI is InChI=1S/CH3.Li.H2O4S/c;;1-5(2,3)4/h1H3;;(H2,1,2,3,4)/q-1;+1;. The fraction of sp³-hybridized carbons (Fsp3) is 0. The molecule has 0 aliphatic rings. The van der Waals surface area contributed by atoms with Gasteiger partial charge in [0.05, 0.1) is 0 Å². The molecule has 0 aromatic carbocycles. The van der Waals surface area contributed by atoms with Gasteiger partial charge in [0.1, 0.15) is 0 Å². The third-order valence-electron chi connectivity index (χ3n) is 0. The maximum atomic E-state index is 8.74. The molecule has 0 unspecified atom stereocenters. The second-order valence-corrected chi connectivity index (χ2v) is 1.34. The molecule has 0 saturated carbocycles. The summed E-state index contributed by atoms with van der Waals surface area (Å²) >= 11 is 0. The Morgan fingerprint density at radius 3 is 1.14 bits per heavy atom. The molecule has 0 aliphatic heterocycles. The molecule has 6 heteroatoms. The van der Waals surface area contributed by atoms with Crippen molar-refractivity contribution >= 4 is 10.4 Å². The molecule has 0 saturated heterocycles. The number of rotatable bonds is 0. The molecule has 0 atom stereocenters. The van der Waals surface area contributed by atoms with Gasteiger partial charge < -0.3 is 7.43 Å². The molecule has 0 rings (SSSR count). The van der Waals surface area contributed by atoms with E-state index in [1.165, 1.54) is 0 Å². The van der Waals surface area contributed by atoms with Crippen LogP contribution >= 0.6 is 0 Å². The maximum absolute atomic E-state index is 8.74. The monoisotopic (exact) mass is 120 g/mol. The third kappa shape index (κ3) is 591. The Morgan fingerprint density at radius 2 is 1.14 bits per heavy atom. The van der Waals surface area contributed by atoms with E-state index in [-0.39, 0.29) is 26.3 Å². The minimum Gasteiger partial charge on any atom is -0.358 e. The molecule has 0 heterocycles. The largest absolute Gasteiger partial charge is 1.00 e. The first kappa shape index (κ1) is 15.7. The Labute approximate surface area is 54.7 Å². The van der Waals surface area contributed by atoms with Crippen molar-refractivity contribution in [3.63, 3.8) is 0 Å². The summed E-state index contributed by atoms with van der Waals surface area (Å²) in [5, 5.41) is 0. The van der Waals surface area contributed by atoms with E-state index >= 15 is 0 Å². The fourth-order valence-electron chi connectivity index (χ4n) is 0. The van der Waals surface area contributed by atoms with Crippen molar-refractivity contribution in [2.24, 2.45) is 0 Å². The van der Waals surface area contributed by atoms with Crippen LogP contribution < -0.4 is 18.9 Å². The molecule has 0 aliphatic carbocycles. The molecule has 7 heavy (non-hydrogen) atoms. The van der Waals surface area contributed by atoms with Gasteiger partial charge in [0, 0.05) is 0 Å². The topological polar surface area (TPSA) is 74.6 Å². The first-order valence-corrected chi connectivity index (χ1v) is 2.10. The first-order chi connectivity index (χ1) is 2.00. The van der Waals surface area contributed by atoms with Crippen molar-refractivity contribution in [3.05, 3.63) is 7.43 Å². The second-order valence-electron chi connectivity index (χ2n) is 0.448. The smallest absolute Gasteiger partial charge is 0.358 e. The van der Waals surface area contributed by atoms with Crippen molar-refractivity contribution in [2.75, 3.05) is 0 Å². The van der Waals surface area contributed by atoms with Crippen molar-refractivity contribution in [1.82, 2.24) is 0 Å². The minimum atomic E-state index is -4.67.